The number of rotatable bonds is 2. The molecule has 2 aliphatic heterocycles. The Morgan fingerprint density at radius 1 is 1.04 bits per heavy atom. The Kier molecular flexibility index (Phi) is 5.08. The molecule has 0 radical (unpaired) electrons. The molecule has 1 saturated heterocycles. The fourth-order valence-corrected chi connectivity index (χ4v) is 6.31. The van der Waals surface area contributed by atoms with E-state index >= 15 is 0 Å². The average Bonchev–Trinajstić information content (AvgIpc) is 3.09. The van der Waals surface area contributed by atoms with Gasteiger partial charge in [-0.25, -0.2) is 12.4 Å². The molecule has 148 valence electrons. The highest BCUT2D eigenvalue weighted by Gasteiger charge is 2.37. The second kappa shape index (κ2) is 7.15. The van der Waals surface area contributed by atoms with E-state index in [0.717, 1.165) is 64.9 Å². The molecule has 0 saturated carbocycles. The van der Waals surface area contributed by atoms with Crippen molar-refractivity contribution in [3.8, 4) is 11.3 Å². The van der Waals surface area contributed by atoms with Crippen LogP contribution in [-0.4, -0.2) is 55.4 Å². The van der Waals surface area contributed by atoms with Crippen LogP contribution >= 0.6 is 28.3 Å². The van der Waals surface area contributed by atoms with Crippen molar-refractivity contribution >= 4 is 49.3 Å². The van der Waals surface area contributed by atoms with Crippen LogP contribution in [0, 0.1) is 0 Å². The van der Waals surface area contributed by atoms with E-state index in [1.165, 1.54) is 0 Å². The molecule has 2 aliphatic rings. The van der Waals surface area contributed by atoms with Crippen molar-refractivity contribution in [3.63, 3.8) is 0 Å². The van der Waals surface area contributed by atoms with Crippen LogP contribution < -0.4 is 0 Å². The summed E-state index contributed by atoms with van der Waals surface area (Å²) in [6.07, 6.45) is 0. The summed E-state index contributed by atoms with van der Waals surface area (Å²) in [5.41, 5.74) is 3.50. The van der Waals surface area contributed by atoms with Crippen molar-refractivity contribution in [3.05, 3.63) is 52.5 Å². The molecule has 0 atom stereocenters. The summed E-state index contributed by atoms with van der Waals surface area (Å²) in [6.45, 7) is 4.81. The first kappa shape index (κ1) is 19.9. The van der Waals surface area contributed by atoms with Gasteiger partial charge in [0.15, 0.2) is 0 Å². The molecule has 0 bridgehead atoms. The second-order valence-electron chi connectivity index (χ2n) is 7.33. The van der Waals surface area contributed by atoms with Crippen LogP contribution in [-0.2, 0) is 16.6 Å². The number of benzene rings is 2. The summed E-state index contributed by atoms with van der Waals surface area (Å²) in [6, 6.07) is 13.2. The Hall–Kier alpha value is -1.38. The molecule has 1 fully saturated rings. The maximum Gasteiger partial charge on any atom is 0.269 e. The third-order valence-corrected chi connectivity index (χ3v) is 7.89. The van der Waals surface area contributed by atoms with E-state index < -0.39 is 10.0 Å². The SMILES string of the molecule is CN1CCN(Cc2c3n(c4ccc(Br)cc24)S(=O)(=O)c2ccccc2-3)CC1.Cl. The van der Waals surface area contributed by atoms with Crippen LogP contribution in [0.3, 0.4) is 0 Å². The van der Waals surface area contributed by atoms with E-state index in [2.05, 4.69) is 32.8 Å². The van der Waals surface area contributed by atoms with E-state index in [-0.39, 0.29) is 12.4 Å². The number of likely N-dealkylation sites (N-methyl/N-ethyl adjacent to an activating group) is 1. The zero-order valence-corrected chi connectivity index (χ0v) is 18.6. The minimum absolute atomic E-state index is 0. The van der Waals surface area contributed by atoms with Gasteiger partial charge < -0.3 is 4.90 Å². The van der Waals surface area contributed by atoms with Crippen molar-refractivity contribution in [2.75, 3.05) is 33.2 Å². The molecular formula is C20H21BrClN3O2S. The Bertz CT molecular complexity index is 1170. The molecule has 5 rings (SSSR count). The third-order valence-electron chi connectivity index (χ3n) is 5.63. The lowest BCUT2D eigenvalue weighted by molar-refractivity contribution is 0.148. The Morgan fingerprint density at radius 2 is 1.75 bits per heavy atom. The number of aromatic nitrogens is 1. The third kappa shape index (κ3) is 2.92. The van der Waals surface area contributed by atoms with Gasteiger partial charge in [-0.05, 0) is 31.3 Å². The monoisotopic (exact) mass is 481 g/mol. The van der Waals surface area contributed by atoms with Crippen LogP contribution in [0.4, 0.5) is 0 Å². The molecule has 0 aliphatic carbocycles. The summed E-state index contributed by atoms with van der Waals surface area (Å²) in [5.74, 6) is 0. The van der Waals surface area contributed by atoms with Crippen molar-refractivity contribution in [2.45, 2.75) is 11.4 Å². The Morgan fingerprint density at radius 3 is 2.50 bits per heavy atom. The normalized spacial score (nSPS) is 18.6. The number of fused-ring (bicyclic) bond motifs is 5. The molecule has 1 aromatic heterocycles. The fourth-order valence-electron chi connectivity index (χ4n) is 4.19. The van der Waals surface area contributed by atoms with E-state index in [1.807, 2.05) is 30.3 Å². The highest BCUT2D eigenvalue weighted by atomic mass is 79.9. The minimum atomic E-state index is -3.56. The minimum Gasteiger partial charge on any atom is -0.304 e. The van der Waals surface area contributed by atoms with Crippen LogP contribution in [0.15, 0.2) is 51.8 Å². The van der Waals surface area contributed by atoms with Crippen LogP contribution in [0.5, 0.6) is 0 Å². The topological polar surface area (TPSA) is 45.5 Å². The molecule has 0 unspecified atom stereocenters. The fraction of sp³-hybridized carbons (Fsp3) is 0.300. The van der Waals surface area contributed by atoms with Gasteiger partial charge >= 0.3 is 0 Å². The molecule has 5 nitrogen and oxygen atoms in total. The Balaban J connectivity index is 0.00000192. The number of piperazine rings is 1. The molecule has 0 amide bonds. The van der Waals surface area contributed by atoms with Gasteiger partial charge in [-0.15, -0.1) is 12.4 Å². The van der Waals surface area contributed by atoms with Crippen LogP contribution in [0.2, 0.25) is 0 Å². The lowest BCUT2D eigenvalue weighted by atomic mass is 10.0. The molecule has 0 N–H and O–H groups in total. The van der Waals surface area contributed by atoms with Gasteiger partial charge in [0.05, 0.1) is 16.1 Å². The van der Waals surface area contributed by atoms with Gasteiger partial charge in [0, 0.05) is 53.7 Å². The van der Waals surface area contributed by atoms with Crippen LogP contribution in [0.1, 0.15) is 5.56 Å². The van der Waals surface area contributed by atoms with Gasteiger partial charge in [-0.1, -0.05) is 34.1 Å². The smallest absolute Gasteiger partial charge is 0.269 e. The first-order valence-electron chi connectivity index (χ1n) is 9.05. The largest absolute Gasteiger partial charge is 0.304 e. The van der Waals surface area contributed by atoms with Crippen molar-refractivity contribution in [2.24, 2.45) is 0 Å². The molecule has 0 spiro atoms. The molecule has 28 heavy (non-hydrogen) atoms. The predicted molar refractivity (Wildman–Crippen MR) is 118 cm³/mol. The highest BCUT2D eigenvalue weighted by molar-refractivity contribution is 9.10. The van der Waals surface area contributed by atoms with Gasteiger partial charge in [-0.3, -0.25) is 4.90 Å². The lowest BCUT2D eigenvalue weighted by Crippen LogP contribution is -2.43. The summed E-state index contributed by atoms with van der Waals surface area (Å²) in [7, 11) is -1.42. The second-order valence-corrected chi connectivity index (χ2v) is 10.0. The lowest BCUT2D eigenvalue weighted by Gasteiger charge is -2.32. The standard InChI is InChI=1S/C20H20BrN3O2S.ClH/c1-22-8-10-23(11-9-22)13-17-16-12-14(21)6-7-18(16)24-20(17)15-4-2-3-5-19(15)27(24,25)26;/h2-7,12H,8-11,13H2,1H3;1H. The van der Waals surface area contributed by atoms with E-state index in [4.69, 9.17) is 0 Å². The van der Waals surface area contributed by atoms with Gasteiger partial charge in [0.25, 0.3) is 10.0 Å². The molecule has 3 heterocycles. The zero-order valence-electron chi connectivity index (χ0n) is 15.4. The number of halogens is 2. The number of hydrogen-bond donors (Lipinski definition) is 0. The first-order valence-corrected chi connectivity index (χ1v) is 11.3. The highest BCUT2D eigenvalue weighted by Crippen LogP contribution is 2.45. The predicted octanol–water partition coefficient (Wildman–Crippen LogP) is 3.79. The maximum absolute atomic E-state index is 13.3. The van der Waals surface area contributed by atoms with Crippen molar-refractivity contribution < 1.29 is 8.42 Å². The van der Waals surface area contributed by atoms with Crippen molar-refractivity contribution in [1.82, 2.24) is 13.8 Å². The van der Waals surface area contributed by atoms with Gasteiger partial charge in [0.1, 0.15) is 0 Å². The van der Waals surface area contributed by atoms with E-state index in [9.17, 15) is 8.42 Å². The summed E-state index contributed by atoms with van der Waals surface area (Å²) in [4.78, 5) is 5.16. The summed E-state index contributed by atoms with van der Waals surface area (Å²) >= 11 is 3.55. The zero-order chi connectivity index (χ0) is 18.8. The molecule has 2 aromatic carbocycles. The first-order chi connectivity index (χ1) is 13.0. The number of hydrogen-bond acceptors (Lipinski definition) is 4. The molecular weight excluding hydrogens is 462 g/mol. The maximum atomic E-state index is 13.3. The van der Waals surface area contributed by atoms with Crippen LogP contribution in [0.25, 0.3) is 22.2 Å². The van der Waals surface area contributed by atoms with E-state index in [0.29, 0.717) is 4.90 Å². The van der Waals surface area contributed by atoms with Gasteiger partial charge in [-0.2, -0.15) is 0 Å². The quantitative estimate of drug-likeness (QED) is 0.436. The van der Waals surface area contributed by atoms with Gasteiger partial charge in [0.2, 0.25) is 0 Å². The average molecular weight is 483 g/mol. The Labute approximate surface area is 179 Å². The number of nitrogens with zero attached hydrogens (tertiary/aromatic N) is 3. The van der Waals surface area contributed by atoms with Crippen molar-refractivity contribution in [1.29, 1.82) is 0 Å². The van der Waals surface area contributed by atoms with E-state index in [1.54, 1.807) is 16.1 Å². The summed E-state index contributed by atoms with van der Waals surface area (Å²) in [5, 5.41) is 1.01. The molecule has 3 aromatic rings. The summed E-state index contributed by atoms with van der Waals surface area (Å²) < 4.78 is 29.0. The molecule has 8 heteroatoms.